The van der Waals surface area contributed by atoms with E-state index in [9.17, 15) is 4.79 Å². The Morgan fingerprint density at radius 3 is 2.62 bits per heavy atom. The van der Waals surface area contributed by atoms with Gasteiger partial charge in [-0.15, -0.1) is 0 Å². The first-order chi connectivity index (χ1) is 7.66. The van der Waals surface area contributed by atoms with Gasteiger partial charge in [0.05, 0.1) is 0 Å². The number of amides is 1. The Balaban J connectivity index is 1.85. The minimum atomic E-state index is 0.0278. The van der Waals surface area contributed by atoms with Gasteiger partial charge in [0.2, 0.25) is 0 Å². The first-order valence-corrected chi connectivity index (χ1v) is 6.50. The van der Waals surface area contributed by atoms with Crippen LogP contribution in [0, 0.1) is 11.8 Å². The zero-order chi connectivity index (χ0) is 11.5. The summed E-state index contributed by atoms with van der Waals surface area (Å²) in [4.78, 5) is 11.8. The average Bonchev–Trinajstić information content (AvgIpc) is 3.10. The fraction of sp³-hybridized carbons (Fsp3) is 0.462. The predicted molar refractivity (Wildman–Crippen MR) is 68.4 cm³/mol. The normalized spacial score (nSPS) is 16.9. The summed E-state index contributed by atoms with van der Waals surface area (Å²) in [6, 6.07) is 7.45. The summed E-state index contributed by atoms with van der Waals surface area (Å²) < 4.78 is 0.996. The van der Waals surface area contributed by atoms with Crippen LogP contribution < -0.4 is 5.32 Å². The Morgan fingerprint density at radius 2 is 2.06 bits per heavy atom. The zero-order valence-corrected chi connectivity index (χ0v) is 11.0. The summed E-state index contributed by atoms with van der Waals surface area (Å²) in [5.41, 5.74) is 0.728. The quantitative estimate of drug-likeness (QED) is 0.902. The Morgan fingerprint density at radius 1 is 1.44 bits per heavy atom. The highest BCUT2D eigenvalue weighted by molar-refractivity contribution is 9.10. The van der Waals surface area contributed by atoms with E-state index in [2.05, 4.69) is 28.2 Å². The van der Waals surface area contributed by atoms with Crippen LogP contribution in [0.25, 0.3) is 0 Å². The summed E-state index contributed by atoms with van der Waals surface area (Å²) in [7, 11) is 0. The molecular formula is C13H16BrNO. The molecule has 1 aliphatic rings. The van der Waals surface area contributed by atoms with Crippen LogP contribution in [0.3, 0.4) is 0 Å². The van der Waals surface area contributed by atoms with Gasteiger partial charge in [0.1, 0.15) is 0 Å². The molecule has 2 nitrogen and oxygen atoms in total. The van der Waals surface area contributed by atoms with E-state index in [0.717, 1.165) is 22.5 Å². The smallest absolute Gasteiger partial charge is 0.251 e. The number of rotatable bonds is 4. The Hall–Kier alpha value is -0.830. The number of nitrogens with one attached hydrogen (secondary N) is 1. The van der Waals surface area contributed by atoms with E-state index in [1.165, 1.54) is 12.8 Å². The van der Waals surface area contributed by atoms with Crippen molar-refractivity contribution >= 4 is 21.8 Å². The standard InChI is InChI=1S/C13H16BrNO/c1-9(10-2-3-10)8-15-13(16)11-4-6-12(14)7-5-11/h4-7,9-10H,2-3,8H2,1H3,(H,15,16). The van der Waals surface area contributed by atoms with Crippen molar-refractivity contribution in [1.29, 1.82) is 0 Å². The molecule has 1 aromatic rings. The minimum absolute atomic E-state index is 0.0278. The maximum atomic E-state index is 11.8. The summed E-state index contributed by atoms with van der Waals surface area (Å²) in [5.74, 6) is 1.48. The summed E-state index contributed by atoms with van der Waals surface area (Å²) in [6.07, 6.45) is 2.66. The minimum Gasteiger partial charge on any atom is -0.352 e. The van der Waals surface area contributed by atoms with Crippen LogP contribution in [0.1, 0.15) is 30.1 Å². The highest BCUT2D eigenvalue weighted by Crippen LogP contribution is 2.36. The Kier molecular flexibility index (Phi) is 3.64. The zero-order valence-electron chi connectivity index (χ0n) is 9.37. The second-order valence-corrected chi connectivity index (χ2v) is 5.45. The molecule has 1 N–H and O–H groups in total. The lowest BCUT2D eigenvalue weighted by atomic mass is 10.1. The van der Waals surface area contributed by atoms with Crippen LogP contribution in [0.5, 0.6) is 0 Å². The van der Waals surface area contributed by atoms with Gasteiger partial charge in [0, 0.05) is 16.6 Å². The lowest BCUT2D eigenvalue weighted by Gasteiger charge is -2.11. The molecule has 0 radical (unpaired) electrons. The van der Waals surface area contributed by atoms with Crippen LogP contribution in [0.4, 0.5) is 0 Å². The van der Waals surface area contributed by atoms with Crippen LogP contribution in [0.2, 0.25) is 0 Å². The maximum Gasteiger partial charge on any atom is 0.251 e. The van der Waals surface area contributed by atoms with Crippen molar-refractivity contribution in [2.24, 2.45) is 11.8 Å². The van der Waals surface area contributed by atoms with Gasteiger partial charge in [-0.3, -0.25) is 4.79 Å². The predicted octanol–water partition coefficient (Wildman–Crippen LogP) is 3.23. The van der Waals surface area contributed by atoms with Crippen molar-refractivity contribution < 1.29 is 4.79 Å². The molecule has 0 bridgehead atoms. The van der Waals surface area contributed by atoms with Crippen molar-refractivity contribution in [3.05, 3.63) is 34.3 Å². The van der Waals surface area contributed by atoms with Crippen LogP contribution in [0.15, 0.2) is 28.7 Å². The molecule has 1 unspecified atom stereocenters. The molecule has 1 aromatic carbocycles. The largest absolute Gasteiger partial charge is 0.352 e. The highest BCUT2D eigenvalue weighted by Gasteiger charge is 2.27. The fourth-order valence-corrected chi connectivity index (χ4v) is 2.05. The van der Waals surface area contributed by atoms with E-state index in [1.807, 2.05) is 24.3 Å². The van der Waals surface area contributed by atoms with Gasteiger partial charge < -0.3 is 5.32 Å². The molecule has 1 saturated carbocycles. The maximum absolute atomic E-state index is 11.8. The van der Waals surface area contributed by atoms with Crippen molar-refractivity contribution in [1.82, 2.24) is 5.32 Å². The second kappa shape index (κ2) is 5.00. The monoisotopic (exact) mass is 281 g/mol. The molecule has 1 aliphatic carbocycles. The molecule has 0 aliphatic heterocycles. The number of hydrogen-bond acceptors (Lipinski definition) is 1. The Labute approximate surface area is 105 Å². The van der Waals surface area contributed by atoms with E-state index in [0.29, 0.717) is 5.92 Å². The molecule has 2 rings (SSSR count). The lowest BCUT2D eigenvalue weighted by Crippen LogP contribution is -2.28. The topological polar surface area (TPSA) is 29.1 Å². The van der Waals surface area contributed by atoms with Gasteiger partial charge >= 0.3 is 0 Å². The molecule has 1 fully saturated rings. The third kappa shape index (κ3) is 3.08. The first-order valence-electron chi connectivity index (χ1n) is 5.70. The van der Waals surface area contributed by atoms with Crippen molar-refractivity contribution in [2.75, 3.05) is 6.54 Å². The molecule has 0 saturated heterocycles. The highest BCUT2D eigenvalue weighted by atomic mass is 79.9. The average molecular weight is 282 g/mol. The molecule has 1 atom stereocenters. The van der Waals surface area contributed by atoms with Gasteiger partial charge in [-0.25, -0.2) is 0 Å². The first kappa shape index (κ1) is 11.6. The van der Waals surface area contributed by atoms with E-state index in [1.54, 1.807) is 0 Å². The lowest BCUT2D eigenvalue weighted by molar-refractivity contribution is 0.0946. The molecule has 16 heavy (non-hydrogen) atoms. The van der Waals surface area contributed by atoms with Crippen molar-refractivity contribution in [3.63, 3.8) is 0 Å². The van der Waals surface area contributed by atoms with Crippen LogP contribution in [-0.2, 0) is 0 Å². The molecular weight excluding hydrogens is 266 g/mol. The molecule has 3 heteroatoms. The number of carbonyl (C=O) groups excluding carboxylic acids is 1. The molecule has 0 spiro atoms. The SMILES string of the molecule is CC(CNC(=O)c1ccc(Br)cc1)C1CC1. The van der Waals surface area contributed by atoms with Crippen LogP contribution >= 0.6 is 15.9 Å². The third-order valence-electron chi connectivity index (χ3n) is 3.12. The Bertz CT molecular complexity index is 370. The fourth-order valence-electron chi connectivity index (χ4n) is 1.79. The van der Waals surface area contributed by atoms with E-state index >= 15 is 0 Å². The number of benzene rings is 1. The van der Waals surface area contributed by atoms with E-state index in [-0.39, 0.29) is 5.91 Å². The molecule has 86 valence electrons. The second-order valence-electron chi connectivity index (χ2n) is 4.53. The van der Waals surface area contributed by atoms with E-state index < -0.39 is 0 Å². The summed E-state index contributed by atoms with van der Waals surface area (Å²) >= 11 is 3.35. The summed E-state index contributed by atoms with van der Waals surface area (Å²) in [6.45, 7) is 3.00. The number of carbonyl (C=O) groups is 1. The summed E-state index contributed by atoms with van der Waals surface area (Å²) in [5, 5.41) is 2.99. The van der Waals surface area contributed by atoms with Gasteiger partial charge in [-0.2, -0.15) is 0 Å². The van der Waals surface area contributed by atoms with Gasteiger partial charge in [-0.1, -0.05) is 22.9 Å². The van der Waals surface area contributed by atoms with Gasteiger partial charge in [0.15, 0.2) is 0 Å². The van der Waals surface area contributed by atoms with E-state index in [4.69, 9.17) is 0 Å². The van der Waals surface area contributed by atoms with Gasteiger partial charge in [-0.05, 0) is 48.9 Å². The third-order valence-corrected chi connectivity index (χ3v) is 3.65. The number of halogens is 1. The van der Waals surface area contributed by atoms with Crippen LogP contribution in [-0.4, -0.2) is 12.5 Å². The van der Waals surface area contributed by atoms with Crippen molar-refractivity contribution in [2.45, 2.75) is 19.8 Å². The molecule has 1 amide bonds. The molecule has 0 aromatic heterocycles. The molecule has 0 heterocycles. The number of hydrogen-bond donors (Lipinski definition) is 1. The van der Waals surface area contributed by atoms with Crippen molar-refractivity contribution in [3.8, 4) is 0 Å². The van der Waals surface area contributed by atoms with Gasteiger partial charge in [0.25, 0.3) is 5.91 Å².